The van der Waals surface area contributed by atoms with Crippen LogP contribution in [-0.2, 0) is 4.74 Å². The van der Waals surface area contributed by atoms with E-state index in [2.05, 4.69) is 19.9 Å². The molecule has 2 saturated carbocycles. The van der Waals surface area contributed by atoms with E-state index < -0.39 is 0 Å². The number of unbranched alkanes of at least 4 members (excludes halogenated alkanes) is 1. The maximum absolute atomic E-state index is 5.67. The standard InChI is InChI=1S/C21H38O/c1-3-5-7-18-8-12-20(13-9-18)21-14-10-19(11-15-21)17-22-16-6-4-2/h6,16,18-21H,3-5,7-15,17H2,1-2H3. The molecule has 0 heterocycles. The molecule has 0 N–H and O–H groups in total. The van der Waals surface area contributed by atoms with Crippen LogP contribution in [0.3, 0.4) is 0 Å². The summed E-state index contributed by atoms with van der Waals surface area (Å²) in [6, 6.07) is 0. The fraction of sp³-hybridized carbons (Fsp3) is 0.905. The van der Waals surface area contributed by atoms with E-state index in [9.17, 15) is 0 Å². The highest BCUT2D eigenvalue weighted by Gasteiger charge is 2.30. The zero-order valence-electron chi connectivity index (χ0n) is 15.1. The van der Waals surface area contributed by atoms with E-state index in [4.69, 9.17) is 4.74 Å². The molecule has 0 aromatic rings. The molecular weight excluding hydrogens is 268 g/mol. The molecule has 0 aromatic heterocycles. The molecule has 1 heteroatoms. The summed E-state index contributed by atoms with van der Waals surface area (Å²) < 4.78 is 5.67. The maximum Gasteiger partial charge on any atom is 0.0901 e. The number of hydrogen-bond acceptors (Lipinski definition) is 1. The van der Waals surface area contributed by atoms with Crippen LogP contribution in [0.1, 0.15) is 90.9 Å². The van der Waals surface area contributed by atoms with Crippen molar-refractivity contribution in [2.75, 3.05) is 6.61 Å². The predicted molar refractivity (Wildman–Crippen MR) is 95.8 cm³/mol. The first-order chi connectivity index (χ1) is 10.8. The first-order valence-electron chi connectivity index (χ1n) is 10.1. The molecule has 0 unspecified atom stereocenters. The first-order valence-corrected chi connectivity index (χ1v) is 10.1. The van der Waals surface area contributed by atoms with Crippen LogP contribution in [0.5, 0.6) is 0 Å². The van der Waals surface area contributed by atoms with Crippen molar-refractivity contribution >= 4 is 0 Å². The quantitative estimate of drug-likeness (QED) is 0.452. The van der Waals surface area contributed by atoms with Gasteiger partial charge in [-0.25, -0.2) is 0 Å². The maximum atomic E-state index is 5.67. The zero-order valence-corrected chi connectivity index (χ0v) is 15.1. The van der Waals surface area contributed by atoms with Crippen LogP contribution in [0.4, 0.5) is 0 Å². The number of allylic oxidation sites excluding steroid dienone is 1. The van der Waals surface area contributed by atoms with Crippen molar-refractivity contribution in [2.24, 2.45) is 23.7 Å². The lowest BCUT2D eigenvalue weighted by Gasteiger charge is -2.37. The van der Waals surface area contributed by atoms with Gasteiger partial charge in [0, 0.05) is 0 Å². The second-order valence-electron chi connectivity index (χ2n) is 7.82. The molecule has 0 radical (unpaired) electrons. The third-order valence-corrected chi connectivity index (χ3v) is 6.18. The molecule has 0 spiro atoms. The molecule has 0 saturated heterocycles. The summed E-state index contributed by atoms with van der Waals surface area (Å²) in [7, 11) is 0. The minimum absolute atomic E-state index is 0.818. The SMILES string of the molecule is CCC=COCC1CCC(C2CCC(CCCC)CC2)CC1. The lowest BCUT2D eigenvalue weighted by atomic mass is 9.69. The largest absolute Gasteiger partial charge is 0.501 e. The molecule has 2 fully saturated rings. The molecule has 0 amide bonds. The highest BCUT2D eigenvalue weighted by Crippen LogP contribution is 2.42. The van der Waals surface area contributed by atoms with Gasteiger partial charge in [0.05, 0.1) is 12.9 Å². The van der Waals surface area contributed by atoms with E-state index in [1.807, 2.05) is 6.26 Å². The van der Waals surface area contributed by atoms with E-state index in [-0.39, 0.29) is 0 Å². The molecule has 1 nitrogen and oxygen atoms in total. The smallest absolute Gasteiger partial charge is 0.0901 e. The average molecular weight is 307 g/mol. The van der Waals surface area contributed by atoms with Crippen LogP contribution < -0.4 is 0 Å². The first kappa shape index (κ1) is 17.9. The van der Waals surface area contributed by atoms with Gasteiger partial charge >= 0.3 is 0 Å². The highest BCUT2D eigenvalue weighted by molar-refractivity contribution is 4.82. The van der Waals surface area contributed by atoms with Gasteiger partial charge in [-0.1, -0.05) is 52.0 Å². The van der Waals surface area contributed by atoms with Crippen LogP contribution in [-0.4, -0.2) is 6.61 Å². The van der Waals surface area contributed by atoms with Crippen molar-refractivity contribution in [1.29, 1.82) is 0 Å². The second-order valence-corrected chi connectivity index (χ2v) is 7.82. The second kappa shape index (κ2) is 10.3. The molecule has 0 aromatic carbocycles. The Bertz CT molecular complexity index is 293. The Morgan fingerprint density at radius 1 is 0.818 bits per heavy atom. The van der Waals surface area contributed by atoms with E-state index in [0.717, 1.165) is 36.7 Å². The van der Waals surface area contributed by atoms with Crippen LogP contribution in [0, 0.1) is 23.7 Å². The van der Waals surface area contributed by atoms with Crippen molar-refractivity contribution in [3.63, 3.8) is 0 Å². The summed E-state index contributed by atoms with van der Waals surface area (Å²) >= 11 is 0. The van der Waals surface area contributed by atoms with E-state index in [0.29, 0.717) is 0 Å². The van der Waals surface area contributed by atoms with Crippen molar-refractivity contribution in [2.45, 2.75) is 90.9 Å². The van der Waals surface area contributed by atoms with E-state index in [1.54, 1.807) is 0 Å². The highest BCUT2D eigenvalue weighted by atomic mass is 16.5. The predicted octanol–water partition coefficient (Wildman–Crippen LogP) is 6.73. The lowest BCUT2D eigenvalue weighted by Crippen LogP contribution is -2.27. The molecule has 2 rings (SSSR count). The minimum atomic E-state index is 0.818. The topological polar surface area (TPSA) is 9.23 Å². The average Bonchev–Trinajstić information content (AvgIpc) is 2.58. The van der Waals surface area contributed by atoms with Gasteiger partial charge in [0.2, 0.25) is 0 Å². The minimum Gasteiger partial charge on any atom is -0.501 e. The lowest BCUT2D eigenvalue weighted by molar-refractivity contribution is 0.108. The zero-order chi connectivity index (χ0) is 15.6. The fourth-order valence-corrected chi connectivity index (χ4v) is 4.62. The Morgan fingerprint density at radius 2 is 1.41 bits per heavy atom. The van der Waals surface area contributed by atoms with Gasteiger partial charge in [-0.15, -0.1) is 0 Å². The monoisotopic (exact) mass is 306 g/mol. The van der Waals surface area contributed by atoms with E-state index >= 15 is 0 Å². The summed E-state index contributed by atoms with van der Waals surface area (Å²) in [6.07, 6.45) is 21.3. The van der Waals surface area contributed by atoms with Crippen LogP contribution in [0.15, 0.2) is 12.3 Å². The van der Waals surface area contributed by atoms with Crippen molar-refractivity contribution in [3.05, 3.63) is 12.3 Å². The van der Waals surface area contributed by atoms with Gasteiger partial charge in [-0.3, -0.25) is 0 Å². The van der Waals surface area contributed by atoms with Crippen LogP contribution in [0.25, 0.3) is 0 Å². The van der Waals surface area contributed by atoms with Gasteiger partial charge in [0.1, 0.15) is 0 Å². The molecule has 0 aliphatic heterocycles. The van der Waals surface area contributed by atoms with E-state index in [1.165, 1.54) is 70.6 Å². The van der Waals surface area contributed by atoms with Crippen molar-refractivity contribution in [1.82, 2.24) is 0 Å². The molecular formula is C21H38O. The molecule has 0 atom stereocenters. The normalized spacial score (nSPS) is 33.2. The summed E-state index contributed by atoms with van der Waals surface area (Å²) in [4.78, 5) is 0. The summed E-state index contributed by atoms with van der Waals surface area (Å²) in [5.74, 6) is 3.97. The fourth-order valence-electron chi connectivity index (χ4n) is 4.62. The number of hydrogen-bond donors (Lipinski definition) is 0. The molecule has 0 bridgehead atoms. The molecule has 2 aliphatic carbocycles. The Hall–Kier alpha value is -0.460. The summed E-state index contributed by atoms with van der Waals surface area (Å²) in [5.41, 5.74) is 0. The Labute approximate surface area is 138 Å². The van der Waals surface area contributed by atoms with Gasteiger partial charge < -0.3 is 4.74 Å². The third kappa shape index (κ3) is 5.97. The Balaban J connectivity index is 1.60. The summed E-state index contributed by atoms with van der Waals surface area (Å²) in [5, 5.41) is 0. The molecule has 128 valence electrons. The number of rotatable bonds is 8. The summed E-state index contributed by atoms with van der Waals surface area (Å²) in [6.45, 7) is 5.43. The van der Waals surface area contributed by atoms with Gasteiger partial charge in [0.25, 0.3) is 0 Å². The van der Waals surface area contributed by atoms with Crippen molar-refractivity contribution < 1.29 is 4.74 Å². The van der Waals surface area contributed by atoms with Crippen LogP contribution in [0.2, 0.25) is 0 Å². The Morgan fingerprint density at radius 3 is 1.95 bits per heavy atom. The number of ether oxygens (including phenoxy) is 1. The van der Waals surface area contributed by atoms with Crippen molar-refractivity contribution in [3.8, 4) is 0 Å². The Kier molecular flexibility index (Phi) is 8.41. The van der Waals surface area contributed by atoms with Gasteiger partial charge in [-0.05, 0) is 68.6 Å². The van der Waals surface area contributed by atoms with Gasteiger partial charge in [0.15, 0.2) is 0 Å². The third-order valence-electron chi connectivity index (χ3n) is 6.18. The van der Waals surface area contributed by atoms with Crippen LogP contribution >= 0.6 is 0 Å². The molecule has 22 heavy (non-hydrogen) atoms. The van der Waals surface area contributed by atoms with Gasteiger partial charge in [-0.2, -0.15) is 0 Å². The molecule has 2 aliphatic rings.